The van der Waals surface area contributed by atoms with Gasteiger partial charge in [0.2, 0.25) is 11.8 Å². The average molecular weight is 383 g/mol. The molecule has 0 unspecified atom stereocenters. The first kappa shape index (κ1) is 17.0. The average Bonchev–Trinajstić information content (AvgIpc) is 3.04. The molecule has 134 valence electrons. The number of ether oxygens (including phenoxy) is 1. The molecular formula is C19H12ClFN4O2. The second-order valence-corrected chi connectivity index (χ2v) is 6.17. The number of amides is 1. The highest BCUT2D eigenvalue weighted by Gasteiger charge is 2.13. The molecule has 2 N–H and O–H groups in total. The number of rotatable bonds is 4. The zero-order valence-corrected chi connectivity index (χ0v) is 14.5. The van der Waals surface area contributed by atoms with Crippen molar-refractivity contribution >= 4 is 23.2 Å². The van der Waals surface area contributed by atoms with Crippen LogP contribution in [-0.4, -0.2) is 20.5 Å². The Kier molecular flexibility index (Phi) is 4.21. The largest absolute Gasteiger partial charge is 0.438 e. The van der Waals surface area contributed by atoms with Gasteiger partial charge in [-0.05, 0) is 42.5 Å². The summed E-state index contributed by atoms with van der Waals surface area (Å²) in [4.78, 5) is 15.7. The van der Waals surface area contributed by atoms with Gasteiger partial charge in [0.05, 0.1) is 11.9 Å². The SMILES string of the molecule is NC(=O)c1cc(F)cc(-c2cnc3ccc(Oc4cccc(Cl)c4)nn23)c1. The van der Waals surface area contributed by atoms with Crippen LogP contribution in [-0.2, 0) is 0 Å². The molecule has 27 heavy (non-hydrogen) atoms. The summed E-state index contributed by atoms with van der Waals surface area (Å²) >= 11 is 5.96. The minimum Gasteiger partial charge on any atom is -0.438 e. The molecule has 0 fully saturated rings. The van der Waals surface area contributed by atoms with Crippen LogP contribution in [0.4, 0.5) is 4.39 Å². The Morgan fingerprint density at radius 1 is 1.15 bits per heavy atom. The number of nitrogens with zero attached hydrogens (tertiary/aromatic N) is 3. The summed E-state index contributed by atoms with van der Waals surface area (Å²) < 4.78 is 21.1. The zero-order chi connectivity index (χ0) is 19.0. The maximum absolute atomic E-state index is 13.9. The highest BCUT2D eigenvalue weighted by molar-refractivity contribution is 6.30. The number of benzene rings is 2. The Balaban J connectivity index is 1.78. The Hall–Kier alpha value is -3.45. The van der Waals surface area contributed by atoms with Gasteiger partial charge in [-0.2, -0.15) is 0 Å². The molecule has 2 heterocycles. The molecule has 0 bridgehead atoms. The van der Waals surface area contributed by atoms with E-state index in [0.717, 1.165) is 6.07 Å². The van der Waals surface area contributed by atoms with Crippen molar-refractivity contribution < 1.29 is 13.9 Å². The van der Waals surface area contributed by atoms with Gasteiger partial charge >= 0.3 is 0 Å². The number of hydrogen-bond acceptors (Lipinski definition) is 4. The van der Waals surface area contributed by atoms with Gasteiger partial charge in [0.25, 0.3) is 0 Å². The molecule has 0 spiro atoms. The van der Waals surface area contributed by atoms with E-state index in [4.69, 9.17) is 22.1 Å². The summed E-state index contributed by atoms with van der Waals surface area (Å²) in [5, 5.41) is 4.93. The molecule has 0 aliphatic rings. The van der Waals surface area contributed by atoms with E-state index in [1.54, 1.807) is 36.4 Å². The third-order valence-corrected chi connectivity index (χ3v) is 4.07. The number of nitrogens with two attached hydrogens (primary N) is 1. The lowest BCUT2D eigenvalue weighted by molar-refractivity contribution is 0.1000. The third-order valence-electron chi connectivity index (χ3n) is 3.83. The maximum Gasteiger partial charge on any atom is 0.248 e. The van der Waals surface area contributed by atoms with Crippen LogP contribution >= 0.6 is 11.6 Å². The lowest BCUT2D eigenvalue weighted by atomic mass is 10.1. The number of primary amides is 1. The molecule has 8 heteroatoms. The Morgan fingerprint density at radius 3 is 2.78 bits per heavy atom. The van der Waals surface area contributed by atoms with E-state index in [-0.39, 0.29) is 5.56 Å². The van der Waals surface area contributed by atoms with E-state index in [2.05, 4.69) is 10.1 Å². The lowest BCUT2D eigenvalue weighted by Crippen LogP contribution is -2.11. The highest BCUT2D eigenvalue weighted by Crippen LogP contribution is 2.26. The summed E-state index contributed by atoms with van der Waals surface area (Å²) in [5.74, 6) is -0.474. The number of aromatic nitrogens is 3. The van der Waals surface area contributed by atoms with Gasteiger partial charge in [-0.3, -0.25) is 4.79 Å². The van der Waals surface area contributed by atoms with Crippen LogP contribution in [0.2, 0.25) is 5.02 Å². The van der Waals surface area contributed by atoms with Crippen LogP contribution in [0.1, 0.15) is 10.4 Å². The van der Waals surface area contributed by atoms with Crippen LogP contribution < -0.4 is 10.5 Å². The van der Waals surface area contributed by atoms with Gasteiger partial charge in [-0.1, -0.05) is 17.7 Å². The van der Waals surface area contributed by atoms with Crippen molar-refractivity contribution in [1.82, 2.24) is 14.6 Å². The van der Waals surface area contributed by atoms with Gasteiger partial charge < -0.3 is 10.5 Å². The number of carbonyl (C=O) groups is 1. The van der Waals surface area contributed by atoms with E-state index < -0.39 is 11.7 Å². The van der Waals surface area contributed by atoms with E-state index in [1.807, 2.05) is 0 Å². The maximum atomic E-state index is 13.9. The summed E-state index contributed by atoms with van der Waals surface area (Å²) in [5.41, 5.74) is 6.77. The standard InChI is InChI=1S/C19H12ClFN4O2/c20-13-2-1-3-15(9-13)27-18-5-4-17-23-10-16(25(17)24-18)11-6-12(19(22)26)8-14(21)7-11/h1-10H,(H2,22,26). The molecule has 4 aromatic rings. The molecule has 2 aromatic carbocycles. The Labute approximate surface area is 158 Å². The number of halogens is 2. The molecule has 4 rings (SSSR count). The second kappa shape index (κ2) is 6.69. The van der Waals surface area contributed by atoms with Gasteiger partial charge in [0, 0.05) is 22.2 Å². The van der Waals surface area contributed by atoms with E-state index in [1.165, 1.54) is 22.8 Å². The monoisotopic (exact) mass is 382 g/mol. The zero-order valence-electron chi connectivity index (χ0n) is 13.8. The van der Waals surface area contributed by atoms with Crippen molar-refractivity contribution in [2.24, 2.45) is 5.73 Å². The molecule has 6 nitrogen and oxygen atoms in total. The summed E-state index contributed by atoms with van der Waals surface area (Å²) in [6, 6.07) is 14.1. The topological polar surface area (TPSA) is 82.5 Å². The fraction of sp³-hybridized carbons (Fsp3) is 0. The first-order chi connectivity index (χ1) is 13.0. The molecule has 0 radical (unpaired) electrons. The van der Waals surface area contributed by atoms with E-state index >= 15 is 0 Å². The van der Waals surface area contributed by atoms with E-state index in [0.29, 0.717) is 33.6 Å². The minimum atomic E-state index is -0.720. The minimum absolute atomic E-state index is 0.0614. The van der Waals surface area contributed by atoms with Gasteiger partial charge in [-0.15, -0.1) is 5.10 Å². The number of imidazole rings is 1. The second-order valence-electron chi connectivity index (χ2n) is 5.74. The van der Waals surface area contributed by atoms with Crippen molar-refractivity contribution in [1.29, 1.82) is 0 Å². The molecule has 0 aliphatic heterocycles. The quantitative estimate of drug-likeness (QED) is 0.576. The first-order valence-corrected chi connectivity index (χ1v) is 8.26. The third kappa shape index (κ3) is 3.45. The van der Waals surface area contributed by atoms with Crippen LogP contribution in [0.15, 0.2) is 60.8 Å². The molecule has 0 aliphatic carbocycles. The van der Waals surface area contributed by atoms with Crippen molar-refractivity contribution in [3.05, 3.63) is 77.2 Å². The lowest BCUT2D eigenvalue weighted by Gasteiger charge is -2.07. The van der Waals surface area contributed by atoms with Gasteiger partial charge in [-0.25, -0.2) is 13.9 Å². The number of carbonyl (C=O) groups excluding carboxylic acids is 1. The van der Waals surface area contributed by atoms with E-state index in [9.17, 15) is 9.18 Å². The highest BCUT2D eigenvalue weighted by atomic mass is 35.5. The first-order valence-electron chi connectivity index (χ1n) is 7.88. The molecule has 2 aromatic heterocycles. The van der Waals surface area contributed by atoms with Crippen molar-refractivity contribution in [2.45, 2.75) is 0 Å². The van der Waals surface area contributed by atoms with Crippen LogP contribution in [0.3, 0.4) is 0 Å². The summed E-state index contributed by atoms with van der Waals surface area (Å²) in [7, 11) is 0. The Bertz CT molecular complexity index is 1180. The van der Waals surface area contributed by atoms with Gasteiger partial charge in [0.15, 0.2) is 5.65 Å². The predicted octanol–water partition coefficient (Wildman–Crippen LogP) is 4.08. The van der Waals surface area contributed by atoms with Crippen LogP contribution in [0, 0.1) is 5.82 Å². The van der Waals surface area contributed by atoms with Crippen molar-refractivity contribution in [3.63, 3.8) is 0 Å². The molecule has 0 saturated carbocycles. The predicted molar refractivity (Wildman–Crippen MR) is 98.4 cm³/mol. The van der Waals surface area contributed by atoms with Crippen molar-refractivity contribution in [3.8, 4) is 22.9 Å². The van der Waals surface area contributed by atoms with Crippen molar-refractivity contribution in [2.75, 3.05) is 0 Å². The molecule has 0 atom stereocenters. The molecule has 1 amide bonds. The number of fused-ring (bicyclic) bond motifs is 1. The summed E-state index contributed by atoms with van der Waals surface area (Å²) in [6.45, 7) is 0. The fourth-order valence-electron chi connectivity index (χ4n) is 2.64. The fourth-order valence-corrected chi connectivity index (χ4v) is 2.82. The molecule has 0 saturated heterocycles. The Morgan fingerprint density at radius 2 is 2.00 bits per heavy atom. The smallest absolute Gasteiger partial charge is 0.248 e. The summed E-state index contributed by atoms with van der Waals surface area (Å²) in [6.07, 6.45) is 1.53. The van der Waals surface area contributed by atoms with Crippen LogP contribution in [0.5, 0.6) is 11.6 Å². The van der Waals surface area contributed by atoms with Gasteiger partial charge in [0.1, 0.15) is 11.6 Å². The molecular weight excluding hydrogens is 371 g/mol. The normalized spacial score (nSPS) is 10.9. The van der Waals surface area contributed by atoms with Crippen LogP contribution in [0.25, 0.3) is 16.9 Å². The number of hydrogen-bond donors (Lipinski definition) is 1.